The van der Waals surface area contributed by atoms with Gasteiger partial charge in [0, 0.05) is 57.0 Å². The Bertz CT molecular complexity index is 748. The number of rotatable bonds is 7. The lowest BCUT2D eigenvalue weighted by atomic mass is 10.2. The van der Waals surface area contributed by atoms with Gasteiger partial charge < -0.3 is 20.1 Å². The summed E-state index contributed by atoms with van der Waals surface area (Å²) in [5.74, 6) is 0.781. The number of aliphatic imine (C=N–C) groups is 1. The highest BCUT2D eigenvalue weighted by molar-refractivity contribution is 14.0. The first-order chi connectivity index (χ1) is 12.5. The van der Waals surface area contributed by atoms with Crippen molar-refractivity contribution in [3.63, 3.8) is 0 Å². The second-order valence-electron chi connectivity index (χ2n) is 6.10. The molecule has 1 heterocycles. The molecule has 2 N–H and O–H groups in total. The maximum atomic E-state index is 12.0. The fourth-order valence-electron chi connectivity index (χ4n) is 2.60. The van der Waals surface area contributed by atoms with Crippen molar-refractivity contribution in [2.75, 3.05) is 20.6 Å². The predicted molar refractivity (Wildman–Crippen MR) is 124 cm³/mol. The number of benzene rings is 1. The van der Waals surface area contributed by atoms with Gasteiger partial charge in [-0.05, 0) is 27.6 Å². The fourth-order valence-corrected chi connectivity index (χ4v) is 3.17. The molecule has 0 bridgehead atoms. The van der Waals surface area contributed by atoms with E-state index in [1.165, 1.54) is 5.69 Å². The van der Waals surface area contributed by atoms with E-state index in [4.69, 9.17) is 0 Å². The van der Waals surface area contributed by atoms with E-state index in [2.05, 4.69) is 42.2 Å². The number of halogens is 2. The second-order valence-corrected chi connectivity index (χ2v) is 7.02. The molecule has 0 aliphatic carbocycles. The second kappa shape index (κ2) is 12.0. The van der Waals surface area contributed by atoms with Crippen molar-refractivity contribution in [3.05, 3.63) is 58.3 Å². The van der Waals surface area contributed by atoms with Gasteiger partial charge >= 0.3 is 0 Å². The molecule has 0 atom stereocenters. The summed E-state index contributed by atoms with van der Waals surface area (Å²) in [6, 6.07) is 12.0. The maximum Gasteiger partial charge on any atom is 0.222 e. The number of aromatic nitrogens is 1. The molecule has 148 valence electrons. The van der Waals surface area contributed by atoms with Gasteiger partial charge in [0.1, 0.15) is 0 Å². The minimum absolute atomic E-state index is 0. The molecule has 0 fully saturated rings. The van der Waals surface area contributed by atoms with Crippen molar-refractivity contribution < 1.29 is 4.79 Å². The molecule has 1 aromatic carbocycles. The summed E-state index contributed by atoms with van der Waals surface area (Å²) in [6.07, 6.45) is 2.42. The quantitative estimate of drug-likeness (QED) is 0.318. The van der Waals surface area contributed by atoms with Gasteiger partial charge in [-0.25, -0.2) is 0 Å². The molecule has 1 aromatic heterocycles. The van der Waals surface area contributed by atoms with Crippen molar-refractivity contribution in [2.24, 2.45) is 12.0 Å². The van der Waals surface area contributed by atoms with Crippen molar-refractivity contribution in [2.45, 2.75) is 19.5 Å². The van der Waals surface area contributed by atoms with Crippen LogP contribution >= 0.6 is 39.9 Å². The third kappa shape index (κ3) is 7.92. The molecule has 27 heavy (non-hydrogen) atoms. The molecule has 0 unspecified atom stereocenters. The summed E-state index contributed by atoms with van der Waals surface area (Å²) in [6.45, 7) is 1.81. The molecule has 2 aromatic rings. The monoisotopic (exact) mass is 547 g/mol. The van der Waals surface area contributed by atoms with Gasteiger partial charge in [0.05, 0.1) is 6.54 Å². The van der Waals surface area contributed by atoms with Crippen LogP contribution in [-0.2, 0) is 24.9 Å². The zero-order valence-corrected chi connectivity index (χ0v) is 19.8. The molecular formula is C19H27BrIN5O. The van der Waals surface area contributed by atoms with Gasteiger partial charge in [-0.3, -0.25) is 9.79 Å². The first-order valence-electron chi connectivity index (χ1n) is 8.52. The van der Waals surface area contributed by atoms with E-state index >= 15 is 0 Å². The minimum atomic E-state index is 0. The van der Waals surface area contributed by atoms with Gasteiger partial charge in [-0.1, -0.05) is 30.3 Å². The highest BCUT2D eigenvalue weighted by Crippen LogP contribution is 2.14. The lowest BCUT2D eigenvalue weighted by Crippen LogP contribution is -2.40. The Hall–Kier alpha value is -1.55. The van der Waals surface area contributed by atoms with Crippen molar-refractivity contribution in [3.8, 4) is 0 Å². The van der Waals surface area contributed by atoms with Crippen LogP contribution in [0.15, 0.2) is 52.1 Å². The standard InChI is InChI=1S/C19H26BrN5O.HI/c1-21-19(25(3)14-17-11-16(20)13-24(17)2)22-10-9-18(26)23-12-15-7-5-4-6-8-15;/h4-8,11,13H,9-10,12,14H2,1-3H3,(H,21,22)(H,23,26);1H. The first-order valence-corrected chi connectivity index (χ1v) is 9.32. The Morgan fingerprint density at radius 3 is 2.56 bits per heavy atom. The van der Waals surface area contributed by atoms with Crippen LogP contribution in [0.5, 0.6) is 0 Å². The Kier molecular flexibility index (Phi) is 10.5. The molecule has 0 aliphatic heterocycles. The highest BCUT2D eigenvalue weighted by Gasteiger charge is 2.10. The Balaban J connectivity index is 0.00000364. The lowest BCUT2D eigenvalue weighted by molar-refractivity contribution is -0.121. The van der Waals surface area contributed by atoms with Crippen molar-refractivity contribution in [1.29, 1.82) is 0 Å². The highest BCUT2D eigenvalue weighted by atomic mass is 127. The third-order valence-corrected chi connectivity index (χ3v) is 4.45. The van der Waals surface area contributed by atoms with Crippen LogP contribution in [0.2, 0.25) is 0 Å². The lowest BCUT2D eigenvalue weighted by Gasteiger charge is -2.22. The summed E-state index contributed by atoms with van der Waals surface area (Å²) in [4.78, 5) is 18.3. The summed E-state index contributed by atoms with van der Waals surface area (Å²) in [7, 11) is 5.74. The van der Waals surface area contributed by atoms with Crippen LogP contribution < -0.4 is 10.6 Å². The molecule has 1 amide bonds. The Morgan fingerprint density at radius 2 is 1.96 bits per heavy atom. The van der Waals surface area contributed by atoms with Gasteiger partial charge in [0.15, 0.2) is 5.96 Å². The number of carbonyl (C=O) groups is 1. The number of nitrogens with one attached hydrogen (secondary N) is 2. The van der Waals surface area contributed by atoms with Crippen molar-refractivity contribution in [1.82, 2.24) is 20.1 Å². The van der Waals surface area contributed by atoms with E-state index in [9.17, 15) is 4.79 Å². The molecule has 0 radical (unpaired) electrons. The third-order valence-electron chi connectivity index (χ3n) is 4.01. The van der Waals surface area contributed by atoms with Gasteiger partial charge in [0.25, 0.3) is 0 Å². The number of hydrogen-bond donors (Lipinski definition) is 2. The van der Waals surface area contributed by atoms with E-state index in [0.717, 1.165) is 22.5 Å². The summed E-state index contributed by atoms with van der Waals surface area (Å²) in [5.41, 5.74) is 2.26. The molecule has 0 saturated heterocycles. The fraction of sp³-hybridized carbons (Fsp3) is 0.368. The van der Waals surface area contributed by atoms with Gasteiger partial charge in [-0.2, -0.15) is 0 Å². The van der Waals surface area contributed by atoms with Gasteiger partial charge in [0.2, 0.25) is 5.91 Å². The molecule has 8 heteroatoms. The normalized spacial score (nSPS) is 10.9. The van der Waals surface area contributed by atoms with Crippen LogP contribution in [0.3, 0.4) is 0 Å². The number of aryl methyl sites for hydroxylation is 1. The van der Waals surface area contributed by atoms with Crippen LogP contribution in [0.4, 0.5) is 0 Å². The number of amides is 1. The number of carbonyl (C=O) groups excluding carboxylic acids is 1. The SMILES string of the molecule is CN=C(NCCC(=O)NCc1ccccc1)N(C)Cc1cc(Br)cn1C.I. The van der Waals surface area contributed by atoms with E-state index in [1.54, 1.807) is 7.05 Å². The summed E-state index contributed by atoms with van der Waals surface area (Å²) in [5, 5.41) is 6.17. The summed E-state index contributed by atoms with van der Waals surface area (Å²) < 4.78 is 3.13. The summed E-state index contributed by atoms with van der Waals surface area (Å²) >= 11 is 3.49. The Morgan fingerprint density at radius 1 is 1.26 bits per heavy atom. The number of nitrogens with zero attached hydrogens (tertiary/aromatic N) is 3. The molecule has 0 saturated carbocycles. The van der Waals surface area contributed by atoms with Crippen molar-refractivity contribution >= 4 is 51.8 Å². The predicted octanol–water partition coefficient (Wildman–Crippen LogP) is 3.12. The molecule has 0 aliphatic rings. The largest absolute Gasteiger partial charge is 0.356 e. The van der Waals surface area contributed by atoms with E-state index in [-0.39, 0.29) is 29.9 Å². The first kappa shape index (κ1) is 23.5. The van der Waals surface area contributed by atoms with E-state index in [0.29, 0.717) is 19.5 Å². The van der Waals surface area contributed by atoms with Crippen LogP contribution in [0, 0.1) is 0 Å². The smallest absolute Gasteiger partial charge is 0.222 e. The topological polar surface area (TPSA) is 61.7 Å². The average molecular weight is 548 g/mol. The number of hydrogen-bond acceptors (Lipinski definition) is 2. The minimum Gasteiger partial charge on any atom is -0.356 e. The zero-order valence-electron chi connectivity index (χ0n) is 15.9. The zero-order chi connectivity index (χ0) is 18.9. The van der Waals surface area contributed by atoms with E-state index < -0.39 is 0 Å². The molecule has 2 rings (SSSR count). The molecule has 0 spiro atoms. The molecule has 6 nitrogen and oxygen atoms in total. The van der Waals surface area contributed by atoms with Crippen LogP contribution in [0.25, 0.3) is 0 Å². The number of guanidine groups is 1. The van der Waals surface area contributed by atoms with Crippen LogP contribution in [0.1, 0.15) is 17.7 Å². The Labute approximate surface area is 186 Å². The molecular weight excluding hydrogens is 521 g/mol. The van der Waals surface area contributed by atoms with Crippen LogP contribution in [-0.4, -0.2) is 42.0 Å². The van der Waals surface area contributed by atoms with Gasteiger partial charge in [-0.15, -0.1) is 24.0 Å². The van der Waals surface area contributed by atoms with E-state index in [1.807, 2.05) is 55.5 Å². The maximum absolute atomic E-state index is 12.0. The average Bonchev–Trinajstić information content (AvgIpc) is 2.94.